The number of azide groups is 1. The molecule has 1 saturated heterocycles. The molecule has 0 aromatic heterocycles. The van der Waals surface area contributed by atoms with Crippen LogP contribution in [0.1, 0.15) is 45.4 Å². The van der Waals surface area contributed by atoms with Crippen LogP contribution < -0.4 is 0 Å². The van der Waals surface area contributed by atoms with E-state index in [1.165, 1.54) is 32.1 Å². The van der Waals surface area contributed by atoms with Crippen molar-refractivity contribution in [3.8, 4) is 0 Å². The molecular formula is C14H24N4O2. The molecule has 20 heavy (non-hydrogen) atoms. The van der Waals surface area contributed by atoms with Gasteiger partial charge in [-0.3, -0.25) is 9.69 Å². The van der Waals surface area contributed by atoms with Crippen molar-refractivity contribution in [1.29, 1.82) is 0 Å². The minimum absolute atomic E-state index is 0.0991. The standard InChI is InChI=1S/C14H24N4O2/c1-2-20-14(19)13-8-12(16-17-15)10-18(13)9-11-6-4-3-5-7-11/h11-13H,2-10H2,1H3/t12-,13-/m0/s1. The highest BCUT2D eigenvalue weighted by Gasteiger charge is 2.38. The van der Waals surface area contributed by atoms with Crippen LogP contribution in [0, 0.1) is 5.92 Å². The summed E-state index contributed by atoms with van der Waals surface area (Å²) in [6.07, 6.45) is 7.01. The number of carbonyl (C=O) groups excluding carboxylic acids is 1. The van der Waals surface area contributed by atoms with Gasteiger partial charge in [0, 0.05) is 18.0 Å². The van der Waals surface area contributed by atoms with E-state index in [1.807, 2.05) is 6.92 Å². The topological polar surface area (TPSA) is 78.3 Å². The second-order valence-corrected chi connectivity index (χ2v) is 5.82. The molecule has 0 aromatic carbocycles. The molecule has 0 bridgehead atoms. The molecular weight excluding hydrogens is 256 g/mol. The lowest BCUT2D eigenvalue weighted by atomic mass is 9.89. The van der Waals surface area contributed by atoms with Crippen molar-refractivity contribution in [1.82, 2.24) is 4.90 Å². The van der Waals surface area contributed by atoms with Crippen molar-refractivity contribution in [3.05, 3.63) is 10.4 Å². The Morgan fingerprint density at radius 3 is 2.80 bits per heavy atom. The second kappa shape index (κ2) is 7.50. The van der Waals surface area contributed by atoms with Crippen molar-refractivity contribution in [3.63, 3.8) is 0 Å². The van der Waals surface area contributed by atoms with Crippen LogP contribution in [0.3, 0.4) is 0 Å². The molecule has 1 aliphatic carbocycles. The summed E-state index contributed by atoms with van der Waals surface area (Å²) in [7, 11) is 0. The largest absolute Gasteiger partial charge is 0.465 e. The van der Waals surface area contributed by atoms with Crippen LogP contribution in [-0.2, 0) is 9.53 Å². The maximum absolute atomic E-state index is 12.0. The molecule has 0 spiro atoms. The molecule has 0 unspecified atom stereocenters. The molecule has 0 radical (unpaired) electrons. The van der Waals surface area contributed by atoms with Gasteiger partial charge in [0.2, 0.25) is 0 Å². The summed E-state index contributed by atoms with van der Waals surface area (Å²) in [5.41, 5.74) is 8.59. The van der Waals surface area contributed by atoms with E-state index in [1.54, 1.807) is 0 Å². The minimum atomic E-state index is -0.229. The Balaban J connectivity index is 1.97. The number of esters is 1. The number of nitrogens with zero attached hydrogens (tertiary/aromatic N) is 4. The van der Waals surface area contributed by atoms with Gasteiger partial charge in [-0.05, 0) is 37.6 Å². The van der Waals surface area contributed by atoms with Gasteiger partial charge >= 0.3 is 5.97 Å². The molecule has 0 amide bonds. The number of likely N-dealkylation sites (tertiary alicyclic amines) is 1. The molecule has 6 heteroatoms. The second-order valence-electron chi connectivity index (χ2n) is 5.82. The van der Waals surface area contributed by atoms with Crippen LogP contribution in [0.4, 0.5) is 0 Å². The van der Waals surface area contributed by atoms with Crippen LogP contribution in [-0.4, -0.2) is 42.6 Å². The van der Waals surface area contributed by atoms with Crippen LogP contribution in [0.2, 0.25) is 0 Å². The van der Waals surface area contributed by atoms with E-state index in [-0.39, 0.29) is 18.1 Å². The van der Waals surface area contributed by atoms with E-state index in [0.29, 0.717) is 25.5 Å². The summed E-state index contributed by atoms with van der Waals surface area (Å²) in [5.74, 6) is 0.504. The monoisotopic (exact) mass is 280 g/mol. The van der Waals surface area contributed by atoms with Gasteiger partial charge in [-0.15, -0.1) is 0 Å². The molecule has 1 aliphatic heterocycles. The zero-order valence-corrected chi connectivity index (χ0v) is 12.2. The van der Waals surface area contributed by atoms with Gasteiger partial charge in [0.1, 0.15) is 6.04 Å². The Hall–Kier alpha value is -1.26. The third-order valence-electron chi connectivity index (χ3n) is 4.37. The Labute approximate surface area is 120 Å². The Morgan fingerprint density at radius 2 is 2.15 bits per heavy atom. The summed E-state index contributed by atoms with van der Waals surface area (Å²) in [6.45, 7) is 3.84. The van der Waals surface area contributed by atoms with Crippen molar-refractivity contribution < 1.29 is 9.53 Å². The highest BCUT2D eigenvalue weighted by molar-refractivity contribution is 5.76. The molecule has 2 fully saturated rings. The van der Waals surface area contributed by atoms with Crippen LogP contribution in [0.15, 0.2) is 5.11 Å². The SMILES string of the molecule is CCOC(=O)[C@@H]1C[C@H](N=[N+]=[N-])CN1CC1CCCCC1. The van der Waals surface area contributed by atoms with Gasteiger partial charge in [0.15, 0.2) is 0 Å². The fourth-order valence-electron chi connectivity index (χ4n) is 3.42. The van der Waals surface area contributed by atoms with Crippen molar-refractivity contribution >= 4 is 5.97 Å². The molecule has 112 valence electrons. The van der Waals surface area contributed by atoms with E-state index in [0.717, 1.165) is 6.54 Å². The van der Waals surface area contributed by atoms with Gasteiger partial charge in [-0.2, -0.15) is 0 Å². The predicted molar refractivity (Wildman–Crippen MR) is 76.1 cm³/mol. The molecule has 2 rings (SSSR count). The first-order valence-corrected chi connectivity index (χ1v) is 7.69. The van der Waals surface area contributed by atoms with Crippen LogP contribution in [0.5, 0.6) is 0 Å². The molecule has 0 aromatic rings. The highest BCUT2D eigenvalue weighted by atomic mass is 16.5. The molecule has 0 N–H and O–H groups in total. The third-order valence-corrected chi connectivity index (χ3v) is 4.37. The number of hydrogen-bond acceptors (Lipinski definition) is 4. The van der Waals surface area contributed by atoms with Gasteiger partial charge in [0.05, 0.1) is 12.6 Å². The van der Waals surface area contributed by atoms with E-state index in [2.05, 4.69) is 14.9 Å². The molecule has 2 aliphatic rings. The average molecular weight is 280 g/mol. The predicted octanol–water partition coefficient (Wildman–Crippen LogP) is 2.88. The third kappa shape index (κ3) is 3.87. The maximum atomic E-state index is 12.0. The number of rotatable bonds is 5. The number of ether oxygens (including phenoxy) is 1. The first-order valence-electron chi connectivity index (χ1n) is 7.69. The van der Waals surface area contributed by atoms with Crippen molar-refractivity contribution in [2.75, 3.05) is 19.7 Å². The van der Waals surface area contributed by atoms with Crippen molar-refractivity contribution in [2.24, 2.45) is 11.0 Å². The van der Waals surface area contributed by atoms with E-state index in [4.69, 9.17) is 10.3 Å². The highest BCUT2D eigenvalue weighted by Crippen LogP contribution is 2.29. The summed E-state index contributed by atoms with van der Waals surface area (Å²) in [4.78, 5) is 17.1. The summed E-state index contributed by atoms with van der Waals surface area (Å²) in [6, 6.07) is -0.328. The summed E-state index contributed by atoms with van der Waals surface area (Å²) in [5, 5.41) is 3.79. The molecule has 2 atom stereocenters. The zero-order chi connectivity index (χ0) is 14.4. The van der Waals surface area contributed by atoms with Crippen LogP contribution >= 0.6 is 0 Å². The number of carbonyl (C=O) groups is 1. The lowest BCUT2D eigenvalue weighted by Crippen LogP contribution is -2.40. The fraction of sp³-hybridized carbons (Fsp3) is 0.929. The van der Waals surface area contributed by atoms with Gasteiger partial charge in [0.25, 0.3) is 0 Å². The molecule has 1 saturated carbocycles. The van der Waals surface area contributed by atoms with Gasteiger partial charge in [-0.1, -0.05) is 24.4 Å². The number of hydrogen-bond donors (Lipinski definition) is 0. The van der Waals surface area contributed by atoms with Crippen LogP contribution in [0.25, 0.3) is 10.4 Å². The first kappa shape index (κ1) is 15.1. The lowest BCUT2D eigenvalue weighted by Gasteiger charge is -2.29. The summed E-state index contributed by atoms with van der Waals surface area (Å²) < 4.78 is 5.16. The minimum Gasteiger partial charge on any atom is -0.465 e. The fourth-order valence-corrected chi connectivity index (χ4v) is 3.42. The summed E-state index contributed by atoms with van der Waals surface area (Å²) >= 11 is 0. The Bertz CT molecular complexity index is 375. The smallest absolute Gasteiger partial charge is 0.323 e. The van der Waals surface area contributed by atoms with Gasteiger partial charge in [-0.25, -0.2) is 0 Å². The van der Waals surface area contributed by atoms with E-state index in [9.17, 15) is 4.79 Å². The maximum Gasteiger partial charge on any atom is 0.323 e. The lowest BCUT2D eigenvalue weighted by molar-refractivity contribution is -0.148. The normalized spacial score (nSPS) is 28.1. The Morgan fingerprint density at radius 1 is 1.40 bits per heavy atom. The molecule has 1 heterocycles. The van der Waals surface area contributed by atoms with E-state index < -0.39 is 0 Å². The van der Waals surface area contributed by atoms with E-state index >= 15 is 0 Å². The zero-order valence-electron chi connectivity index (χ0n) is 12.2. The van der Waals surface area contributed by atoms with Crippen molar-refractivity contribution in [2.45, 2.75) is 57.5 Å². The Kier molecular flexibility index (Phi) is 5.68. The molecule has 6 nitrogen and oxygen atoms in total. The van der Waals surface area contributed by atoms with Gasteiger partial charge < -0.3 is 4.74 Å². The first-order chi connectivity index (χ1) is 9.74. The quantitative estimate of drug-likeness (QED) is 0.336. The average Bonchev–Trinajstić information content (AvgIpc) is 2.83.